The van der Waals surface area contributed by atoms with Crippen LogP contribution in [0.5, 0.6) is 0 Å². The number of carbonyl (C=O) groups is 1. The van der Waals surface area contributed by atoms with Crippen molar-refractivity contribution >= 4 is 5.97 Å². The first-order valence-electron chi connectivity index (χ1n) is 7.31. The average molecular weight is 300 g/mol. The summed E-state index contributed by atoms with van der Waals surface area (Å²) < 4.78 is 0. The predicted molar refractivity (Wildman–Crippen MR) is 89.6 cm³/mol. The van der Waals surface area contributed by atoms with Crippen molar-refractivity contribution in [2.24, 2.45) is 5.41 Å². The molecule has 0 saturated heterocycles. The maximum absolute atomic E-state index is 11.1. The molecule has 0 fully saturated rings. The van der Waals surface area contributed by atoms with Crippen LogP contribution in [0.15, 0.2) is 66.3 Å². The number of aliphatic hydroxyl groups excluding tert-OH is 1. The highest BCUT2D eigenvalue weighted by Crippen LogP contribution is 2.26. The molecule has 0 amide bonds. The van der Waals surface area contributed by atoms with Gasteiger partial charge in [-0.05, 0) is 38.3 Å². The monoisotopic (exact) mass is 300 g/mol. The number of aliphatic carboxylic acids is 1. The number of aliphatic hydroxyl groups is 1. The Morgan fingerprint density at radius 2 is 1.82 bits per heavy atom. The van der Waals surface area contributed by atoms with Crippen molar-refractivity contribution in [1.29, 1.82) is 0 Å². The molecule has 1 unspecified atom stereocenters. The minimum Gasteiger partial charge on any atom is -0.481 e. The summed E-state index contributed by atoms with van der Waals surface area (Å²) in [6.45, 7) is 4.76. The molecule has 0 saturated carbocycles. The van der Waals surface area contributed by atoms with Crippen LogP contribution < -0.4 is 0 Å². The molecule has 0 aliphatic rings. The van der Waals surface area contributed by atoms with Gasteiger partial charge in [0.15, 0.2) is 0 Å². The van der Waals surface area contributed by atoms with Gasteiger partial charge in [-0.15, -0.1) is 0 Å². The van der Waals surface area contributed by atoms with Crippen LogP contribution in [-0.4, -0.2) is 22.3 Å². The van der Waals surface area contributed by atoms with Gasteiger partial charge in [-0.25, -0.2) is 0 Å². The third-order valence-electron chi connectivity index (χ3n) is 3.58. The topological polar surface area (TPSA) is 57.5 Å². The zero-order valence-electron chi connectivity index (χ0n) is 13.4. The van der Waals surface area contributed by atoms with Gasteiger partial charge in [-0.3, -0.25) is 4.79 Å². The number of hydrogen-bond donors (Lipinski definition) is 2. The molecule has 3 nitrogen and oxygen atoms in total. The van der Waals surface area contributed by atoms with Gasteiger partial charge in [0.25, 0.3) is 0 Å². The SMILES string of the molecule is C/C(=C/C=C\C=C\Cc1ccccc1)C(O)C(C)(C)C(=O)O. The van der Waals surface area contributed by atoms with Gasteiger partial charge in [0.05, 0.1) is 11.5 Å². The number of carboxylic acid groups (broad SMARTS) is 1. The van der Waals surface area contributed by atoms with E-state index in [9.17, 15) is 9.90 Å². The number of allylic oxidation sites excluding steroid dienone is 5. The molecular weight excluding hydrogens is 276 g/mol. The van der Waals surface area contributed by atoms with Crippen LogP contribution in [-0.2, 0) is 11.2 Å². The van der Waals surface area contributed by atoms with E-state index in [0.717, 1.165) is 6.42 Å². The third kappa shape index (κ3) is 5.34. The summed E-state index contributed by atoms with van der Waals surface area (Å²) in [6.07, 6.45) is 9.25. The van der Waals surface area contributed by atoms with Gasteiger partial charge < -0.3 is 10.2 Å². The molecule has 1 aromatic rings. The molecule has 1 atom stereocenters. The first kappa shape index (κ1) is 17.9. The summed E-state index contributed by atoms with van der Waals surface area (Å²) in [5.41, 5.74) is 0.676. The molecular formula is C19H24O3. The van der Waals surface area contributed by atoms with E-state index >= 15 is 0 Å². The minimum absolute atomic E-state index is 0.625. The van der Waals surface area contributed by atoms with Gasteiger partial charge in [0.2, 0.25) is 0 Å². The van der Waals surface area contributed by atoms with Crippen LogP contribution in [0.25, 0.3) is 0 Å². The number of benzene rings is 1. The molecule has 2 N–H and O–H groups in total. The van der Waals surface area contributed by atoms with Gasteiger partial charge in [0.1, 0.15) is 0 Å². The molecule has 1 rings (SSSR count). The van der Waals surface area contributed by atoms with Crippen molar-refractivity contribution in [3.05, 3.63) is 71.8 Å². The lowest BCUT2D eigenvalue weighted by atomic mass is 9.83. The lowest BCUT2D eigenvalue weighted by Gasteiger charge is -2.26. The van der Waals surface area contributed by atoms with Crippen molar-refractivity contribution in [3.8, 4) is 0 Å². The highest BCUT2D eigenvalue weighted by molar-refractivity contribution is 5.75. The first-order valence-corrected chi connectivity index (χ1v) is 7.31. The Morgan fingerprint density at radius 1 is 1.18 bits per heavy atom. The highest BCUT2D eigenvalue weighted by atomic mass is 16.4. The smallest absolute Gasteiger partial charge is 0.312 e. The molecule has 118 valence electrons. The third-order valence-corrected chi connectivity index (χ3v) is 3.58. The summed E-state index contributed by atoms with van der Waals surface area (Å²) in [6, 6.07) is 10.2. The fourth-order valence-electron chi connectivity index (χ4n) is 1.95. The molecule has 0 heterocycles. The maximum atomic E-state index is 11.1. The van der Waals surface area contributed by atoms with E-state index in [0.29, 0.717) is 5.57 Å². The van der Waals surface area contributed by atoms with E-state index < -0.39 is 17.5 Å². The van der Waals surface area contributed by atoms with Crippen molar-refractivity contribution in [2.75, 3.05) is 0 Å². The Hall–Kier alpha value is -2.13. The van der Waals surface area contributed by atoms with Crippen LogP contribution in [0.1, 0.15) is 26.3 Å². The first-order chi connectivity index (χ1) is 10.4. The molecule has 3 heteroatoms. The van der Waals surface area contributed by atoms with E-state index in [1.54, 1.807) is 19.1 Å². The Morgan fingerprint density at radius 3 is 2.41 bits per heavy atom. The Balaban J connectivity index is 2.54. The lowest BCUT2D eigenvalue weighted by Crippen LogP contribution is -2.37. The molecule has 0 bridgehead atoms. The van der Waals surface area contributed by atoms with Crippen LogP contribution in [0.3, 0.4) is 0 Å². The largest absolute Gasteiger partial charge is 0.481 e. The number of hydrogen-bond acceptors (Lipinski definition) is 2. The number of carboxylic acids is 1. The van der Waals surface area contributed by atoms with Crippen LogP contribution in [0.2, 0.25) is 0 Å². The molecule has 0 aliphatic carbocycles. The molecule has 1 aromatic carbocycles. The van der Waals surface area contributed by atoms with Crippen molar-refractivity contribution in [1.82, 2.24) is 0 Å². The minimum atomic E-state index is -1.20. The standard InChI is InChI=1S/C19H24O3/c1-15(17(20)19(2,3)18(21)22)11-7-4-5-8-12-16-13-9-6-10-14-16/h4-11,13-14,17,20H,12H2,1-3H3,(H,21,22)/b7-4-,8-5+,15-11-. The second-order valence-electron chi connectivity index (χ2n) is 5.84. The van der Waals surface area contributed by atoms with Crippen molar-refractivity contribution in [3.63, 3.8) is 0 Å². The molecule has 0 aliphatic heterocycles. The normalized spacial score (nSPS) is 14.6. The van der Waals surface area contributed by atoms with Gasteiger partial charge in [0, 0.05) is 0 Å². The van der Waals surface area contributed by atoms with Crippen LogP contribution in [0, 0.1) is 5.41 Å². The molecule has 0 radical (unpaired) electrons. The van der Waals surface area contributed by atoms with E-state index in [1.165, 1.54) is 19.4 Å². The molecule has 0 spiro atoms. The second kappa shape index (κ2) is 8.35. The highest BCUT2D eigenvalue weighted by Gasteiger charge is 2.36. The van der Waals surface area contributed by atoms with Crippen LogP contribution in [0.4, 0.5) is 0 Å². The Kier molecular flexibility index (Phi) is 6.80. The van der Waals surface area contributed by atoms with Crippen molar-refractivity contribution in [2.45, 2.75) is 33.3 Å². The van der Waals surface area contributed by atoms with Gasteiger partial charge in [-0.1, -0.05) is 60.7 Å². The zero-order valence-corrected chi connectivity index (χ0v) is 13.4. The fraction of sp³-hybridized carbons (Fsp3) is 0.316. The van der Waals surface area contributed by atoms with Gasteiger partial charge in [-0.2, -0.15) is 0 Å². The number of rotatable bonds is 7. The van der Waals surface area contributed by atoms with E-state index in [2.05, 4.69) is 12.1 Å². The fourth-order valence-corrected chi connectivity index (χ4v) is 1.95. The summed E-state index contributed by atoms with van der Waals surface area (Å²) in [5, 5.41) is 19.2. The molecule has 0 aromatic heterocycles. The summed E-state index contributed by atoms with van der Waals surface area (Å²) >= 11 is 0. The molecule has 22 heavy (non-hydrogen) atoms. The summed E-state index contributed by atoms with van der Waals surface area (Å²) in [5.74, 6) is -1.01. The summed E-state index contributed by atoms with van der Waals surface area (Å²) in [7, 11) is 0. The Labute approximate surface area is 132 Å². The maximum Gasteiger partial charge on any atom is 0.312 e. The quantitative estimate of drug-likeness (QED) is 0.754. The zero-order chi connectivity index (χ0) is 16.6. The van der Waals surface area contributed by atoms with Crippen LogP contribution >= 0.6 is 0 Å². The van der Waals surface area contributed by atoms with Gasteiger partial charge >= 0.3 is 5.97 Å². The lowest BCUT2D eigenvalue weighted by molar-refractivity contribution is -0.151. The van der Waals surface area contributed by atoms with E-state index in [-0.39, 0.29) is 0 Å². The average Bonchev–Trinajstić information content (AvgIpc) is 2.50. The summed E-state index contributed by atoms with van der Waals surface area (Å²) in [4.78, 5) is 11.1. The van der Waals surface area contributed by atoms with E-state index in [4.69, 9.17) is 5.11 Å². The Bertz CT molecular complexity index is 566. The predicted octanol–water partition coefficient (Wildman–Crippen LogP) is 3.76. The van der Waals surface area contributed by atoms with Crippen molar-refractivity contribution < 1.29 is 15.0 Å². The van der Waals surface area contributed by atoms with E-state index in [1.807, 2.05) is 36.4 Å². The second-order valence-corrected chi connectivity index (χ2v) is 5.84.